The summed E-state index contributed by atoms with van der Waals surface area (Å²) >= 11 is 0. The van der Waals surface area contributed by atoms with Gasteiger partial charge in [-0.3, -0.25) is 0 Å². The minimum atomic E-state index is 0.872. The Morgan fingerprint density at radius 2 is 2.36 bits per heavy atom. The molecule has 0 atom stereocenters. The van der Waals surface area contributed by atoms with E-state index in [0.717, 1.165) is 38.3 Å². The van der Waals surface area contributed by atoms with Crippen LogP contribution in [0.3, 0.4) is 0 Å². The molecule has 1 aromatic rings. The van der Waals surface area contributed by atoms with E-state index in [2.05, 4.69) is 34.6 Å². The number of fused-ring (bicyclic) bond motifs is 1. The van der Waals surface area contributed by atoms with Crippen molar-refractivity contribution in [3.63, 3.8) is 0 Å². The fraction of sp³-hybridized carbons (Fsp3) is 0.778. The number of nitrogens with zero attached hydrogens (tertiary/aromatic N) is 4. The van der Waals surface area contributed by atoms with Gasteiger partial charge in [0.2, 0.25) is 0 Å². The molecule has 0 saturated carbocycles. The van der Waals surface area contributed by atoms with Gasteiger partial charge >= 0.3 is 0 Å². The Kier molecular flexibility index (Phi) is 2.79. The Bertz CT molecular complexity index is 304. The number of rotatable bonds is 3. The first-order chi connectivity index (χ1) is 6.77. The van der Waals surface area contributed by atoms with Crippen molar-refractivity contribution in [1.82, 2.24) is 25.2 Å². The highest BCUT2D eigenvalue weighted by Gasteiger charge is 2.15. The maximum Gasteiger partial charge on any atom is 0.0997 e. The SMILES string of the molecule is CN(C)CCn1nnc2c1CCNC2. The van der Waals surface area contributed by atoms with Crippen molar-refractivity contribution < 1.29 is 0 Å². The van der Waals surface area contributed by atoms with Gasteiger partial charge in [-0.1, -0.05) is 5.21 Å². The van der Waals surface area contributed by atoms with Crippen molar-refractivity contribution in [2.45, 2.75) is 19.5 Å². The van der Waals surface area contributed by atoms with Crippen molar-refractivity contribution in [1.29, 1.82) is 0 Å². The summed E-state index contributed by atoms with van der Waals surface area (Å²) in [6, 6.07) is 0. The standard InChI is InChI=1S/C9H17N5/c1-13(2)5-6-14-9-3-4-10-7-8(9)11-12-14/h10H,3-7H2,1-2H3. The smallest absolute Gasteiger partial charge is 0.0997 e. The molecule has 2 heterocycles. The molecule has 0 bridgehead atoms. The summed E-state index contributed by atoms with van der Waals surface area (Å²) in [6.45, 7) is 3.87. The highest BCUT2D eigenvalue weighted by molar-refractivity contribution is 5.13. The predicted molar refractivity (Wildman–Crippen MR) is 54.0 cm³/mol. The number of hydrogen-bond donors (Lipinski definition) is 1. The lowest BCUT2D eigenvalue weighted by Gasteiger charge is -2.14. The maximum atomic E-state index is 4.17. The van der Waals surface area contributed by atoms with Crippen LogP contribution in [0.4, 0.5) is 0 Å². The van der Waals surface area contributed by atoms with Crippen LogP contribution in [0.1, 0.15) is 11.4 Å². The van der Waals surface area contributed by atoms with Crippen LogP contribution >= 0.6 is 0 Å². The van der Waals surface area contributed by atoms with Crippen LogP contribution in [0.25, 0.3) is 0 Å². The maximum absolute atomic E-state index is 4.17. The summed E-state index contributed by atoms with van der Waals surface area (Å²) in [4.78, 5) is 2.16. The molecule has 78 valence electrons. The van der Waals surface area contributed by atoms with Crippen molar-refractivity contribution in [2.24, 2.45) is 0 Å². The number of likely N-dealkylation sites (N-methyl/N-ethyl adjacent to an activating group) is 1. The molecule has 0 radical (unpaired) electrons. The third-order valence-electron chi connectivity index (χ3n) is 2.51. The fourth-order valence-electron chi connectivity index (χ4n) is 1.67. The van der Waals surface area contributed by atoms with E-state index < -0.39 is 0 Å². The number of aromatic nitrogens is 3. The average molecular weight is 195 g/mol. The first-order valence-corrected chi connectivity index (χ1v) is 5.04. The lowest BCUT2D eigenvalue weighted by molar-refractivity contribution is 0.366. The van der Waals surface area contributed by atoms with Gasteiger partial charge in [0, 0.05) is 26.1 Å². The summed E-state index contributed by atoms with van der Waals surface area (Å²) < 4.78 is 2.04. The summed E-state index contributed by atoms with van der Waals surface area (Å²) in [5.41, 5.74) is 2.43. The van der Waals surface area contributed by atoms with E-state index in [9.17, 15) is 0 Å². The van der Waals surface area contributed by atoms with Gasteiger partial charge in [-0.05, 0) is 14.1 Å². The molecule has 0 aliphatic carbocycles. The minimum absolute atomic E-state index is 0.872. The molecule has 5 heteroatoms. The summed E-state index contributed by atoms with van der Waals surface area (Å²) in [6.07, 6.45) is 1.05. The Morgan fingerprint density at radius 3 is 3.14 bits per heavy atom. The number of nitrogens with one attached hydrogen (secondary N) is 1. The second kappa shape index (κ2) is 4.06. The van der Waals surface area contributed by atoms with Gasteiger partial charge in [-0.2, -0.15) is 0 Å². The summed E-state index contributed by atoms with van der Waals surface area (Å²) in [7, 11) is 4.15. The minimum Gasteiger partial charge on any atom is -0.311 e. The van der Waals surface area contributed by atoms with E-state index in [1.807, 2.05) is 4.68 Å². The van der Waals surface area contributed by atoms with Gasteiger partial charge in [-0.25, -0.2) is 4.68 Å². The second-order valence-corrected chi connectivity index (χ2v) is 3.94. The van der Waals surface area contributed by atoms with Gasteiger partial charge in [-0.15, -0.1) is 5.10 Å². The largest absolute Gasteiger partial charge is 0.311 e. The molecule has 1 N–H and O–H groups in total. The van der Waals surface area contributed by atoms with Crippen LogP contribution in [0.5, 0.6) is 0 Å². The quantitative estimate of drug-likeness (QED) is 0.705. The second-order valence-electron chi connectivity index (χ2n) is 3.94. The third-order valence-corrected chi connectivity index (χ3v) is 2.51. The molecule has 0 saturated heterocycles. The van der Waals surface area contributed by atoms with Gasteiger partial charge < -0.3 is 10.2 Å². The monoisotopic (exact) mass is 195 g/mol. The van der Waals surface area contributed by atoms with E-state index in [1.165, 1.54) is 5.69 Å². The lowest BCUT2D eigenvalue weighted by Crippen LogP contribution is -2.26. The summed E-state index contributed by atoms with van der Waals surface area (Å²) in [5.74, 6) is 0. The Balaban J connectivity index is 2.06. The highest BCUT2D eigenvalue weighted by atomic mass is 15.4. The number of hydrogen-bond acceptors (Lipinski definition) is 4. The lowest BCUT2D eigenvalue weighted by atomic mass is 10.2. The Hall–Kier alpha value is -0.940. The molecular formula is C9H17N5. The normalized spacial score (nSPS) is 15.9. The molecule has 5 nitrogen and oxygen atoms in total. The molecule has 0 unspecified atom stereocenters. The topological polar surface area (TPSA) is 46.0 Å². The molecule has 0 aromatic carbocycles. The molecule has 1 aliphatic heterocycles. The van der Waals surface area contributed by atoms with E-state index >= 15 is 0 Å². The van der Waals surface area contributed by atoms with Crippen LogP contribution in [0, 0.1) is 0 Å². The van der Waals surface area contributed by atoms with Gasteiger partial charge in [0.1, 0.15) is 0 Å². The van der Waals surface area contributed by atoms with Crippen molar-refractivity contribution in [2.75, 3.05) is 27.2 Å². The molecule has 1 aliphatic rings. The van der Waals surface area contributed by atoms with Crippen LogP contribution in [0.2, 0.25) is 0 Å². The molecule has 0 fully saturated rings. The zero-order chi connectivity index (χ0) is 9.97. The van der Waals surface area contributed by atoms with Crippen molar-refractivity contribution in [3.8, 4) is 0 Å². The highest BCUT2D eigenvalue weighted by Crippen LogP contribution is 2.09. The molecule has 0 spiro atoms. The van der Waals surface area contributed by atoms with Crippen LogP contribution < -0.4 is 5.32 Å². The molecule has 14 heavy (non-hydrogen) atoms. The molecule has 0 amide bonds. The average Bonchev–Trinajstić information content (AvgIpc) is 2.58. The van der Waals surface area contributed by atoms with E-state index in [0.29, 0.717) is 0 Å². The van der Waals surface area contributed by atoms with Gasteiger partial charge in [0.15, 0.2) is 0 Å². The fourth-order valence-corrected chi connectivity index (χ4v) is 1.67. The Labute approximate surface area is 84.1 Å². The van der Waals surface area contributed by atoms with E-state index in [1.54, 1.807) is 0 Å². The van der Waals surface area contributed by atoms with E-state index in [-0.39, 0.29) is 0 Å². The van der Waals surface area contributed by atoms with Crippen LogP contribution in [-0.2, 0) is 19.5 Å². The Morgan fingerprint density at radius 1 is 1.50 bits per heavy atom. The zero-order valence-corrected chi connectivity index (χ0v) is 8.82. The van der Waals surface area contributed by atoms with Gasteiger partial charge in [0.25, 0.3) is 0 Å². The predicted octanol–water partition coefficient (Wildman–Crippen LogP) is -0.515. The van der Waals surface area contributed by atoms with E-state index in [4.69, 9.17) is 0 Å². The molecule has 1 aromatic heterocycles. The van der Waals surface area contributed by atoms with Crippen molar-refractivity contribution >= 4 is 0 Å². The molecule has 2 rings (SSSR count). The van der Waals surface area contributed by atoms with Crippen LogP contribution in [-0.4, -0.2) is 47.1 Å². The zero-order valence-electron chi connectivity index (χ0n) is 8.82. The third kappa shape index (κ3) is 1.93. The molecular weight excluding hydrogens is 178 g/mol. The first-order valence-electron chi connectivity index (χ1n) is 5.04. The van der Waals surface area contributed by atoms with Crippen molar-refractivity contribution in [3.05, 3.63) is 11.4 Å². The summed E-state index contributed by atoms with van der Waals surface area (Å²) in [5, 5.41) is 11.6. The van der Waals surface area contributed by atoms with Gasteiger partial charge in [0.05, 0.1) is 17.9 Å². The first kappa shape index (κ1) is 9.61. The van der Waals surface area contributed by atoms with Crippen LogP contribution in [0.15, 0.2) is 0 Å².